The average Bonchev–Trinajstić information content (AvgIpc) is 3.16. The van der Waals surface area contributed by atoms with E-state index in [2.05, 4.69) is 20.5 Å². The van der Waals surface area contributed by atoms with Gasteiger partial charge in [-0.2, -0.15) is 5.10 Å². The molecular weight excluding hydrogens is 449 g/mol. The summed E-state index contributed by atoms with van der Waals surface area (Å²) in [5, 5.41) is 10.4. The first kappa shape index (κ1) is 21.4. The molecule has 2 amide bonds. The van der Waals surface area contributed by atoms with Crippen molar-refractivity contribution in [2.45, 2.75) is 6.54 Å². The third kappa shape index (κ3) is 4.16. The number of hydrogen-bond acceptors (Lipinski definition) is 5. The number of piperidine rings is 1. The Kier molecular flexibility index (Phi) is 5.49. The number of nitrogens with zero attached hydrogens (tertiary/aromatic N) is 3. The van der Waals surface area contributed by atoms with Crippen LogP contribution in [0.25, 0.3) is 11.3 Å². The molecule has 2 aliphatic rings. The van der Waals surface area contributed by atoms with Crippen LogP contribution in [0.1, 0.15) is 16.1 Å². The lowest BCUT2D eigenvalue weighted by molar-refractivity contribution is -0.123. The maximum atomic E-state index is 14.2. The van der Waals surface area contributed by atoms with Crippen molar-refractivity contribution < 1.29 is 18.7 Å². The molecule has 1 aliphatic heterocycles. The minimum Gasteiger partial charge on any atom is -0.481 e. The molecule has 33 heavy (non-hydrogen) atoms. The van der Waals surface area contributed by atoms with Gasteiger partial charge in [0.05, 0.1) is 19.0 Å². The number of nitrogens with one attached hydrogen (secondary N) is 2. The summed E-state index contributed by atoms with van der Waals surface area (Å²) in [6, 6.07) is 10.3. The number of aromatic nitrogens is 3. The van der Waals surface area contributed by atoms with E-state index in [0.717, 1.165) is 11.8 Å². The normalized spacial score (nSPS) is 20.9. The van der Waals surface area contributed by atoms with Gasteiger partial charge in [-0.15, -0.1) is 0 Å². The molecule has 1 saturated heterocycles. The molecule has 5 rings (SSSR count). The van der Waals surface area contributed by atoms with E-state index in [1.807, 2.05) is 18.2 Å². The number of fused-ring (bicyclic) bond motifs is 1. The number of aromatic amines is 1. The number of hydrogen-bond donors (Lipinski definition) is 2. The Morgan fingerprint density at radius 3 is 2.79 bits per heavy atom. The maximum Gasteiger partial charge on any atom is 0.271 e. The monoisotopic (exact) mass is 469 g/mol. The van der Waals surface area contributed by atoms with E-state index in [-0.39, 0.29) is 46.7 Å². The second-order valence-corrected chi connectivity index (χ2v) is 8.72. The number of pyridine rings is 1. The molecule has 2 aromatic heterocycles. The van der Waals surface area contributed by atoms with Crippen LogP contribution in [0.5, 0.6) is 5.88 Å². The maximum absolute atomic E-state index is 14.2. The van der Waals surface area contributed by atoms with E-state index in [9.17, 15) is 14.0 Å². The van der Waals surface area contributed by atoms with Crippen LogP contribution in [-0.4, -0.2) is 52.1 Å². The number of carbonyl (C=O) groups excluding carboxylic acids is 2. The van der Waals surface area contributed by atoms with Crippen molar-refractivity contribution >= 4 is 23.4 Å². The molecule has 1 aromatic carbocycles. The van der Waals surface area contributed by atoms with E-state index in [1.54, 1.807) is 11.0 Å². The van der Waals surface area contributed by atoms with E-state index >= 15 is 0 Å². The molecule has 0 bridgehead atoms. The van der Waals surface area contributed by atoms with Gasteiger partial charge >= 0.3 is 0 Å². The van der Waals surface area contributed by atoms with Gasteiger partial charge < -0.3 is 15.0 Å². The summed E-state index contributed by atoms with van der Waals surface area (Å²) in [5.74, 6) is -0.306. The fraction of sp³-hybridized carbons (Fsp3) is 0.304. The predicted octanol–water partition coefficient (Wildman–Crippen LogP) is 2.91. The molecular formula is C23H21ClFN5O3. The first-order chi connectivity index (χ1) is 15.9. The van der Waals surface area contributed by atoms with Crippen LogP contribution in [0.4, 0.5) is 4.39 Å². The van der Waals surface area contributed by atoms with E-state index in [0.29, 0.717) is 30.4 Å². The van der Waals surface area contributed by atoms with Gasteiger partial charge in [-0.05, 0) is 35.6 Å². The number of ether oxygens (including phenoxy) is 1. The lowest BCUT2D eigenvalue weighted by atomic mass is 10.1. The Morgan fingerprint density at radius 1 is 1.27 bits per heavy atom. The van der Waals surface area contributed by atoms with Crippen molar-refractivity contribution in [3.05, 3.63) is 64.7 Å². The number of halogens is 2. The van der Waals surface area contributed by atoms with Gasteiger partial charge in [0.25, 0.3) is 5.91 Å². The van der Waals surface area contributed by atoms with Crippen LogP contribution in [0.2, 0.25) is 5.02 Å². The molecule has 0 radical (unpaired) electrons. The van der Waals surface area contributed by atoms with Gasteiger partial charge in [0.2, 0.25) is 11.8 Å². The SMILES string of the molecule is COc1cc(-c2cc(C(=O)N3CC4C(C3)C4C(=O)NCc3cccc(Cl)c3)[nH]n2)c(F)cn1. The van der Waals surface area contributed by atoms with Gasteiger partial charge in [-0.3, -0.25) is 14.7 Å². The highest BCUT2D eigenvalue weighted by Crippen LogP contribution is 2.52. The number of methoxy groups -OCH3 is 1. The Morgan fingerprint density at radius 2 is 2.06 bits per heavy atom. The second kappa shape index (κ2) is 8.47. The smallest absolute Gasteiger partial charge is 0.271 e. The first-order valence-corrected chi connectivity index (χ1v) is 10.9. The Balaban J connectivity index is 1.18. The summed E-state index contributed by atoms with van der Waals surface area (Å²) in [6.45, 7) is 1.43. The highest BCUT2D eigenvalue weighted by Gasteiger charge is 2.60. The average molecular weight is 470 g/mol. The third-order valence-corrected chi connectivity index (χ3v) is 6.50. The van der Waals surface area contributed by atoms with Crippen LogP contribution in [0, 0.1) is 23.6 Å². The summed E-state index contributed by atoms with van der Waals surface area (Å²) < 4.78 is 19.2. The largest absolute Gasteiger partial charge is 0.481 e. The van der Waals surface area contributed by atoms with E-state index in [1.165, 1.54) is 19.2 Å². The van der Waals surface area contributed by atoms with Crippen molar-refractivity contribution in [1.29, 1.82) is 0 Å². The molecule has 3 aromatic rings. The van der Waals surface area contributed by atoms with Crippen molar-refractivity contribution in [1.82, 2.24) is 25.4 Å². The van der Waals surface area contributed by atoms with Crippen molar-refractivity contribution in [2.24, 2.45) is 17.8 Å². The quantitative estimate of drug-likeness (QED) is 0.578. The van der Waals surface area contributed by atoms with Gasteiger partial charge in [0.15, 0.2) is 5.82 Å². The first-order valence-electron chi connectivity index (χ1n) is 10.5. The standard InChI is InChI=1S/C23H21ClFN5O3/c1-33-20-6-14(17(25)9-26-20)18-7-19(29-28-18)23(32)30-10-15-16(11-30)21(15)22(31)27-8-12-3-2-4-13(24)5-12/h2-7,9,15-16,21H,8,10-11H2,1H3,(H,27,31)(H,28,29). The van der Waals surface area contributed by atoms with Crippen LogP contribution in [0.15, 0.2) is 42.6 Å². The molecule has 2 N–H and O–H groups in total. The zero-order valence-corrected chi connectivity index (χ0v) is 18.5. The summed E-state index contributed by atoms with van der Waals surface area (Å²) in [4.78, 5) is 31.0. The highest BCUT2D eigenvalue weighted by molar-refractivity contribution is 6.30. The van der Waals surface area contributed by atoms with Crippen molar-refractivity contribution in [3.63, 3.8) is 0 Å². The summed E-state index contributed by atoms with van der Waals surface area (Å²) >= 11 is 5.98. The van der Waals surface area contributed by atoms with Gasteiger partial charge in [0, 0.05) is 42.2 Å². The number of benzene rings is 1. The topological polar surface area (TPSA) is 100 Å². The zero-order chi connectivity index (χ0) is 23.1. The molecule has 8 nitrogen and oxygen atoms in total. The van der Waals surface area contributed by atoms with Crippen molar-refractivity contribution in [3.8, 4) is 17.1 Å². The number of amides is 2. The summed E-state index contributed by atoms with van der Waals surface area (Å²) in [7, 11) is 1.44. The summed E-state index contributed by atoms with van der Waals surface area (Å²) in [6.07, 6.45) is 1.05. The Bertz CT molecular complexity index is 1220. The molecule has 0 spiro atoms. The Hall–Kier alpha value is -3.46. The van der Waals surface area contributed by atoms with E-state index in [4.69, 9.17) is 16.3 Å². The van der Waals surface area contributed by atoms with Crippen LogP contribution < -0.4 is 10.1 Å². The lowest BCUT2D eigenvalue weighted by Crippen LogP contribution is -2.35. The molecule has 10 heteroatoms. The minimum absolute atomic E-state index is 0.00279. The number of H-pyrrole nitrogens is 1. The molecule has 2 atom stereocenters. The fourth-order valence-electron chi connectivity index (χ4n) is 4.50. The third-order valence-electron chi connectivity index (χ3n) is 6.26. The predicted molar refractivity (Wildman–Crippen MR) is 118 cm³/mol. The van der Waals surface area contributed by atoms with Crippen LogP contribution in [-0.2, 0) is 11.3 Å². The lowest BCUT2D eigenvalue weighted by Gasteiger charge is -2.18. The van der Waals surface area contributed by atoms with Crippen LogP contribution in [0.3, 0.4) is 0 Å². The fourth-order valence-corrected chi connectivity index (χ4v) is 4.71. The van der Waals surface area contributed by atoms with Crippen molar-refractivity contribution in [2.75, 3.05) is 20.2 Å². The number of carbonyl (C=O) groups is 2. The molecule has 3 heterocycles. The van der Waals surface area contributed by atoms with Crippen LogP contribution >= 0.6 is 11.6 Å². The molecule has 2 unspecified atom stereocenters. The second-order valence-electron chi connectivity index (χ2n) is 8.28. The molecule has 2 fully saturated rings. The Labute approximate surface area is 194 Å². The molecule has 170 valence electrons. The molecule has 1 aliphatic carbocycles. The van der Waals surface area contributed by atoms with Gasteiger partial charge in [-0.25, -0.2) is 9.37 Å². The zero-order valence-electron chi connectivity index (χ0n) is 17.7. The van der Waals surface area contributed by atoms with E-state index < -0.39 is 5.82 Å². The summed E-state index contributed by atoms with van der Waals surface area (Å²) in [5.41, 5.74) is 1.69. The van der Waals surface area contributed by atoms with Gasteiger partial charge in [0.1, 0.15) is 5.69 Å². The number of likely N-dealkylation sites (tertiary alicyclic amines) is 1. The molecule has 1 saturated carbocycles. The minimum atomic E-state index is -0.560. The van der Waals surface area contributed by atoms with Gasteiger partial charge in [-0.1, -0.05) is 23.7 Å². The highest BCUT2D eigenvalue weighted by atomic mass is 35.5. The number of rotatable bonds is 6.